The molecule has 0 saturated carbocycles. The Kier molecular flexibility index (Phi) is 7.91. The third kappa shape index (κ3) is 5.52. The van der Waals surface area contributed by atoms with Crippen LogP contribution in [0.3, 0.4) is 0 Å². The van der Waals surface area contributed by atoms with Crippen LogP contribution in [0.4, 0.5) is 0 Å². The summed E-state index contributed by atoms with van der Waals surface area (Å²) in [5.41, 5.74) is 0.645. The average molecular weight is 457 g/mol. The van der Waals surface area contributed by atoms with Gasteiger partial charge in [0.05, 0.1) is 12.7 Å². The van der Waals surface area contributed by atoms with Gasteiger partial charge in [-0.15, -0.1) is 0 Å². The first-order valence-corrected chi connectivity index (χ1v) is 12.6. The predicted octanol–water partition coefficient (Wildman–Crippen LogP) is 2.56. The van der Waals surface area contributed by atoms with Crippen LogP contribution in [0.1, 0.15) is 48.9 Å². The van der Waals surface area contributed by atoms with Crippen molar-refractivity contribution in [1.29, 1.82) is 0 Å². The molecule has 2 amide bonds. The third-order valence-electron chi connectivity index (χ3n) is 8.07. The molecule has 4 rings (SSSR count). The van der Waals surface area contributed by atoms with Crippen molar-refractivity contribution in [2.75, 3.05) is 60.5 Å². The molecule has 3 saturated heterocycles. The molecule has 7 heteroatoms. The standard InChI is InChI=1S/C26H40N4O3/c1-27-14-10-21(11-15-27)28(2)25(31)20-8-16-29(17-9-20)22-12-18-30(19-13-22)26(32)23-6-4-5-7-24(23)33-3/h4-7,20-22H,8-19H2,1-3H3. The second kappa shape index (κ2) is 10.9. The maximum absolute atomic E-state index is 13.1. The van der Waals surface area contributed by atoms with Gasteiger partial charge in [0.1, 0.15) is 5.75 Å². The molecule has 0 N–H and O–H groups in total. The van der Waals surface area contributed by atoms with Crippen molar-refractivity contribution >= 4 is 11.8 Å². The lowest BCUT2D eigenvalue weighted by Crippen LogP contribution is -2.51. The molecule has 182 valence electrons. The van der Waals surface area contributed by atoms with Gasteiger partial charge in [-0.05, 0) is 83.9 Å². The maximum atomic E-state index is 13.1. The number of hydrogen-bond donors (Lipinski definition) is 0. The fraction of sp³-hybridized carbons (Fsp3) is 0.692. The van der Waals surface area contributed by atoms with E-state index in [2.05, 4.69) is 21.7 Å². The minimum Gasteiger partial charge on any atom is -0.496 e. The second-order valence-corrected chi connectivity index (χ2v) is 10.0. The fourth-order valence-corrected chi connectivity index (χ4v) is 5.79. The van der Waals surface area contributed by atoms with E-state index in [9.17, 15) is 9.59 Å². The highest BCUT2D eigenvalue weighted by Crippen LogP contribution is 2.28. The SMILES string of the molecule is COc1ccccc1C(=O)N1CCC(N2CCC(C(=O)N(C)C3CCN(C)CC3)CC2)CC1. The van der Waals surface area contributed by atoms with Crippen molar-refractivity contribution in [3.8, 4) is 5.75 Å². The number of likely N-dealkylation sites (tertiary alicyclic amines) is 3. The van der Waals surface area contributed by atoms with Crippen LogP contribution in [0.15, 0.2) is 24.3 Å². The molecule has 0 bridgehead atoms. The summed E-state index contributed by atoms with van der Waals surface area (Å²) in [6, 6.07) is 8.37. The third-order valence-corrected chi connectivity index (χ3v) is 8.07. The van der Waals surface area contributed by atoms with Crippen LogP contribution in [-0.4, -0.2) is 104 Å². The molecule has 3 aliphatic rings. The maximum Gasteiger partial charge on any atom is 0.257 e. The number of carbonyl (C=O) groups excluding carboxylic acids is 2. The molecule has 0 atom stereocenters. The Labute approximate surface area is 198 Å². The van der Waals surface area contributed by atoms with Gasteiger partial charge in [-0.25, -0.2) is 0 Å². The Bertz CT molecular complexity index is 808. The summed E-state index contributed by atoms with van der Waals surface area (Å²) in [5.74, 6) is 1.22. The molecule has 0 aromatic heterocycles. The van der Waals surface area contributed by atoms with Crippen molar-refractivity contribution in [2.45, 2.75) is 50.6 Å². The van der Waals surface area contributed by atoms with Crippen molar-refractivity contribution in [3.63, 3.8) is 0 Å². The lowest BCUT2D eigenvalue weighted by Gasteiger charge is -2.43. The number of methoxy groups -OCH3 is 1. The first kappa shape index (κ1) is 24.0. The van der Waals surface area contributed by atoms with Gasteiger partial charge in [-0.1, -0.05) is 12.1 Å². The van der Waals surface area contributed by atoms with Crippen LogP contribution >= 0.6 is 0 Å². The van der Waals surface area contributed by atoms with Gasteiger partial charge < -0.3 is 24.3 Å². The summed E-state index contributed by atoms with van der Waals surface area (Å²) in [7, 11) is 5.78. The highest BCUT2D eigenvalue weighted by molar-refractivity contribution is 5.97. The summed E-state index contributed by atoms with van der Waals surface area (Å²) < 4.78 is 5.37. The van der Waals surface area contributed by atoms with Gasteiger partial charge in [-0.2, -0.15) is 0 Å². The minimum absolute atomic E-state index is 0.0622. The van der Waals surface area contributed by atoms with Gasteiger partial charge in [0, 0.05) is 38.1 Å². The molecule has 0 aliphatic carbocycles. The van der Waals surface area contributed by atoms with E-state index in [-0.39, 0.29) is 11.8 Å². The fourth-order valence-electron chi connectivity index (χ4n) is 5.79. The summed E-state index contributed by atoms with van der Waals surface area (Å²) in [5, 5.41) is 0. The number of rotatable bonds is 5. The number of hydrogen-bond acceptors (Lipinski definition) is 5. The van der Waals surface area contributed by atoms with Gasteiger partial charge in [0.25, 0.3) is 5.91 Å². The van der Waals surface area contributed by atoms with Gasteiger partial charge in [-0.3, -0.25) is 9.59 Å². The zero-order chi connectivity index (χ0) is 23.4. The molecule has 3 aliphatic heterocycles. The summed E-state index contributed by atoms with van der Waals surface area (Å²) >= 11 is 0. The highest BCUT2D eigenvalue weighted by atomic mass is 16.5. The Balaban J connectivity index is 1.23. The lowest BCUT2D eigenvalue weighted by molar-refractivity contribution is -0.139. The van der Waals surface area contributed by atoms with Crippen LogP contribution < -0.4 is 4.74 Å². The Hall–Kier alpha value is -2.12. The normalized spacial score (nSPS) is 22.3. The van der Waals surface area contributed by atoms with Crippen molar-refractivity contribution in [2.24, 2.45) is 5.92 Å². The Morgan fingerprint density at radius 2 is 1.55 bits per heavy atom. The van der Waals surface area contributed by atoms with Crippen LogP contribution in [-0.2, 0) is 4.79 Å². The average Bonchev–Trinajstić information content (AvgIpc) is 2.88. The van der Waals surface area contributed by atoms with Crippen molar-refractivity contribution in [3.05, 3.63) is 29.8 Å². The van der Waals surface area contributed by atoms with E-state index in [1.165, 1.54) is 0 Å². The number of nitrogens with zero attached hydrogens (tertiary/aromatic N) is 4. The molecule has 3 fully saturated rings. The second-order valence-electron chi connectivity index (χ2n) is 10.0. The van der Waals surface area contributed by atoms with Crippen LogP contribution in [0.2, 0.25) is 0 Å². The van der Waals surface area contributed by atoms with Gasteiger partial charge >= 0.3 is 0 Å². The van der Waals surface area contributed by atoms with E-state index < -0.39 is 0 Å². The van der Waals surface area contributed by atoms with Crippen molar-refractivity contribution in [1.82, 2.24) is 19.6 Å². The van der Waals surface area contributed by atoms with E-state index in [4.69, 9.17) is 4.74 Å². The van der Waals surface area contributed by atoms with E-state index in [1.807, 2.05) is 36.2 Å². The first-order valence-electron chi connectivity index (χ1n) is 12.6. The highest BCUT2D eigenvalue weighted by Gasteiger charge is 2.34. The molecule has 0 radical (unpaired) electrons. The smallest absolute Gasteiger partial charge is 0.257 e. The van der Waals surface area contributed by atoms with Crippen molar-refractivity contribution < 1.29 is 14.3 Å². The van der Waals surface area contributed by atoms with E-state index >= 15 is 0 Å². The zero-order valence-electron chi connectivity index (χ0n) is 20.5. The largest absolute Gasteiger partial charge is 0.496 e. The molecular formula is C26H40N4O3. The molecule has 0 unspecified atom stereocenters. The zero-order valence-corrected chi connectivity index (χ0v) is 20.5. The van der Waals surface area contributed by atoms with Gasteiger partial charge in [0.15, 0.2) is 0 Å². The van der Waals surface area contributed by atoms with E-state index in [0.717, 1.165) is 77.8 Å². The molecule has 3 heterocycles. The Morgan fingerprint density at radius 1 is 0.909 bits per heavy atom. The van der Waals surface area contributed by atoms with Gasteiger partial charge in [0.2, 0.25) is 5.91 Å². The number of carbonyl (C=O) groups is 2. The topological polar surface area (TPSA) is 56.3 Å². The molecule has 1 aromatic rings. The number of piperidine rings is 3. The molecule has 7 nitrogen and oxygen atoms in total. The number of ether oxygens (including phenoxy) is 1. The van der Waals surface area contributed by atoms with Crippen LogP contribution in [0, 0.1) is 5.92 Å². The van der Waals surface area contributed by atoms with Crippen LogP contribution in [0.5, 0.6) is 5.75 Å². The summed E-state index contributed by atoms with van der Waals surface area (Å²) in [4.78, 5) is 35.0. The lowest BCUT2D eigenvalue weighted by atomic mass is 9.91. The summed E-state index contributed by atoms with van der Waals surface area (Å²) in [6.07, 6.45) is 6.07. The number of amides is 2. The number of para-hydroxylation sites is 1. The quantitative estimate of drug-likeness (QED) is 0.682. The van der Waals surface area contributed by atoms with E-state index in [1.54, 1.807) is 7.11 Å². The Morgan fingerprint density at radius 3 is 2.18 bits per heavy atom. The summed E-state index contributed by atoms with van der Waals surface area (Å²) in [6.45, 7) is 5.70. The minimum atomic E-state index is 0.0622. The van der Waals surface area contributed by atoms with E-state index in [0.29, 0.717) is 29.3 Å². The molecule has 33 heavy (non-hydrogen) atoms. The molecule has 0 spiro atoms. The first-order chi connectivity index (χ1) is 16.0. The van der Waals surface area contributed by atoms with Crippen LogP contribution in [0.25, 0.3) is 0 Å². The predicted molar refractivity (Wildman–Crippen MR) is 130 cm³/mol. The molecule has 1 aromatic carbocycles. The molecular weight excluding hydrogens is 416 g/mol. The number of benzene rings is 1. The monoisotopic (exact) mass is 456 g/mol.